The van der Waals surface area contributed by atoms with Crippen LogP contribution in [0, 0.1) is 0 Å². The van der Waals surface area contributed by atoms with Gasteiger partial charge in [-0.2, -0.15) is 0 Å². The van der Waals surface area contributed by atoms with Crippen molar-refractivity contribution in [3.63, 3.8) is 0 Å². The van der Waals surface area contributed by atoms with Gasteiger partial charge in [-0.15, -0.1) is 0 Å². The Bertz CT molecular complexity index is 821. The van der Waals surface area contributed by atoms with Gasteiger partial charge in [-0.05, 0) is 65.5 Å². The molecule has 0 radical (unpaired) electrons. The molecule has 23 heavy (non-hydrogen) atoms. The lowest BCUT2D eigenvalue weighted by Gasteiger charge is -2.18. The van der Waals surface area contributed by atoms with Crippen LogP contribution < -0.4 is 4.72 Å². The van der Waals surface area contributed by atoms with Gasteiger partial charge in [0.1, 0.15) is 0 Å². The molecule has 0 bridgehead atoms. The van der Waals surface area contributed by atoms with E-state index in [1.54, 1.807) is 0 Å². The maximum atomic E-state index is 11.8. The predicted molar refractivity (Wildman–Crippen MR) is 101 cm³/mol. The van der Waals surface area contributed by atoms with E-state index in [0.29, 0.717) is 6.04 Å². The maximum Gasteiger partial charge on any atom is 0.215 e. The fourth-order valence-corrected chi connectivity index (χ4v) is 4.98. The number of aromatic nitrogens is 1. The standard InChI is InChI=1S/C15H21BrN3O2PS/c1-17-23(20,21)9-10-5-13-11(7-12-3-2-4-19(12)22)8-18-15(13)14(16)6-10/h5-6,8,12,17-18H,2-4,7,9,22H2,1H3/t12-/m1/s1. The van der Waals surface area contributed by atoms with Gasteiger partial charge in [-0.1, -0.05) is 9.39 Å². The van der Waals surface area contributed by atoms with Gasteiger partial charge < -0.3 is 4.98 Å². The molecule has 2 heterocycles. The summed E-state index contributed by atoms with van der Waals surface area (Å²) in [6.45, 7) is 1.12. The molecule has 0 spiro atoms. The molecule has 126 valence electrons. The molecule has 8 heteroatoms. The fraction of sp³-hybridized carbons (Fsp3) is 0.467. The van der Waals surface area contributed by atoms with E-state index in [-0.39, 0.29) is 5.75 Å². The molecule has 2 N–H and O–H groups in total. The molecular weight excluding hydrogens is 397 g/mol. The summed E-state index contributed by atoms with van der Waals surface area (Å²) in [7, 11) is 0.981. The molecule has 2 atom stereocenters. The Hall–Kier alpha value is -0.460. The van der Waals surface area contributed by atoms with Crippen LogP contribution in [0.2, 0.25) is 0 Å². The van der Waals surface area contributed by atoms with Gasteiger partial charge in [0.15, 0.2) is 0 Å². The molecule has 2 aromatic rings. The van der Waals surface area contributed by atoms with Crippen molar-refractivity contribution in [2.24, 2.45) is 0 Å². The summed E-state index contributed by atoms with van der Waals surface area (Å²) in [6.07, 6.45) is 5.44. The highest BCUT2D eigenvalue weighted by atomic mass is 79.9. The second kappa shape index (κ2) is 6.81. The Morgan fingerprint density at radius 2 is 2.26 bits per heavy atom. The van der Waals surface area contributed by atoms with Crippen molar-refractivity contribution >= 4 is 46.2 Å². The lowest BCUT2D eigenvalue weighted by atomic mass is 10.0. The minimum atomic E-state index is -3.28. The summed E-state index contributed by atoms with van der Waals surface area (Å²) in [5.41, 5.74) is 3.05. The van der Waals surface area contributed by atoms with Crippen LogP contribution >= 0.6 is 25.3 Å². The Morgan fingerprint density at radius 1 is 1.48 bits per heavy atom. The van der Waals surface area contributed by atoms with Gasteiger partial charge in [-0.3, -0.25) is 4.67 Å². The van der Waals surface area contributed by atoms with Gasteiger partial charge >= 0.3 is 0 Å². The number of sulfonamides is 1. The number of hydrogen-bond donors (Lipinski definition) is 2. The minimum Gasteiger partial charge on any atom is -0.360 e. The fourth-order valence-electron chi connectivity index (χ4n) is 3.17. The van der Waals surface area contributed by atoms with Crippen LogP contribution in [0.3, 0.4) is 0 Å². The second-order valence-electron chi connectivity index (χ2n) is 6.02. The number of halogens is 1. The highest BCUT2D eigenvalue weighted by Crippen LogP contribution is 2.31. The number of rotatable bonds is 5. The van der Waals surface area contributed by atoms with Gasteiger partial charge in [-0.25, -0.2) is 13.1 Å². The molecule has 1 aromatic carbocycles. The number of H-pyrrole nitrogens is 1. The van der Waals surface area contributed by atoms with E-state index in [9.17, 15) is 8.42 Å². The summed E-state index contributed by atoms with van der Waals surface area (Å²) in [5.74, 6) is -0.0121. The highest BCUT2D eigenvalue weighted by Gasteiger charge is 2.23. The van der Waals surface area contributed by atoms with Crippen molar-refractivity contribution in [1.82, 2.24) is 14.4 Å². The van der Waals surface area contributed by atoms with Crippen LogP contribution in [0.25, 0.3) is 10.9 Å². The highest BCUT2D eigenvalue weighted by molar-refractivity contribution is 9.10. The van der Waals surface area contributed by atoms with Crippen LogP contribution in [0.1, 0.15) is 24.0 Å². The largest absolute Gasteiger partial charge is 0.360 e. The summed E-state index contributed by atoms with van der Waals surface area (Å²) in [4.78, 5) is 3.31. The number of nitrogens with zero attached hydrogens (tertiary/aromatic N) is 1. The van der Waals surface area contributed by atoms with Crippen LogP contribution in [0.15, 0.2) is 22.8 Å². The molecule has 1 aliphatic rings. The first-order valence-corrected chi connectivity index (χ1v) is 10.6. The third kappa shape index (κ3) is 3.80. The molecule has 5 nitrogen and oxygen atoms in total. The Kier molecular flexibility index (Phi) is 5.14. The van der Waals surface area contributed by atoms with Crippen molar-refractivity contribution in [3.8, 4) is 0 Å². The Morgan fingerprint density at radius 3 is 2.91 bits per heavy atom. The first kappa shape index (κ1) is 17.4. The van der Waals surface area contributed by atoms with Crippen LogP contribution in [-0.2, 0) is 22.2 Å². The third-order valence-electron chi connectivity index (χ3n) is 4.43. The smallest absolute Gasteiger partial charge is 0.215 e. The van der Waals surface area contributed by atoms with Crippen molar-refractivity contribution in [3.05, 3.63) is 33.9 Å². The second-order valence-corrected chi connectivity index (χ2v) is 9.46. The SMILES string of the molecule is CNS(=O)(=O)Cc1cc(Br)c2[nH]cc(C[C@H]3CCCN3P)c2c1. The molecule has 0 saturated carbocycles. The molecule has 0 amide bonds. The molecule has 3 rings (SSSR count). The minimum absolute atomic E-state index is 0.0121. The molecule has 1 unspecified atom stereocenters. The van der Waals surface area contributed by atoms with Crippen LogP contribution in [0.4, 0.5) is 0 Å². The van der Waals surface area contributed by atoms with E-state index in [1.165, 1.54) is 25.5 Å². The predicted octanol–water partition coefficient (Wildman–Crippen LogP) is 2.78. The van der Waals surface area contributed by atoms with Gasteiger partial charge in [0.25, 0.3) is 0 Å². The molecule has 1 aliphatic heterocycles. The topological polar surface area (TPSA) is 65.2 Å². The maximum absolute atomic E-state index is 11.8. The number of benzene rings is 1. The zero-order valence-electron chi connectivity index (χ0n) is 13.0. The van der Waals surface area contributed by atoms with E-state index in [4.69, 9.17) is 0 Å². The van der Waals surface area contributed by atoms with Crippen molar-refractivity contribution in [2.45, 2.75) is 31.1 Å². The van der Waals surface area contributed by atoms with E-state index in [2.05, 4.69) is 39.7 Å². The summed E-state index contributed by atoms with van der Waals surface area (Å²) >= 11 is 3.55. The van der Waals surface area contributed by atoms with Gasteiger partial charge in [0.2, 0.25) is 10.0 Å². The van der Waals surface area contributed by atoms with E-state index >= 15 is 0 Å². The first-order valence-electron chi connectivity index (χ1n) is 7.60. The molecule has 1 aromatic heterocycles. The normalized spacial score (nSPS) is 19.7. The molecule has 0 aliphatic carbocycles. The number of nitrogens with one attached hydrogen (secondary N) is 2. The van der Waals surface area contributed by atoms with E-state index < -0.39 is 10.0 Å². The van der Waals surface area contributed by atoms with Crippen LogP contribution in [-0.4, -0.2) is 37.7 Å². The van der Waals surface area contributed by atoms with Crippen molar-refractivity contribution in [1.29, 1.82) is 0 Å². The van der Waals surface area contributed by atoms with E-state index in [0.717, 1.165) is 33.9 Å². The average molecular weight is 418 g/mol. The van der Waals surface area contributed by atoms with E-state index in [1.807, 2.05) is 18.3 Å². The average Bonchev–Trinajstić information content (AvgIpc) is 3.07. The third-order valence-corrected chi connectivity index (χ3v) is 7.07. The van der Waals surface area contributed by atoms with Gasteiger partial charge in [0, 0.05) is 28.6 Å². The number of aromatic amines is 1. The van der Waals surface area contributed by atoms with Gasteiger partial charge in [0.05, 0.1) is 11.3 Å². The summed E-state index contributed by atoms with van der Waals surface area (Å²) in [6, 6.07) is 4.39. The Labute approximate surface area is 147 Å². The zero-order valence-corrected chi connectivity index (χ0v) is 16.5. The lowest BCUT2D eigenvalue weighted by molar-refractivity contribution is 0.433. The Balaban J connectivity index is 1.95. The number of fused-ring (bicyclic) bond motifs is 1. The quantitative estimate of drug-likeness (QED) is 0.735. The first-order chi connectivity index (χ1) is 10.9. The lowest BCUT2D eigenvalue weighted by Crippen LogP contribution is -2.21. The zero-order chi connectivity index (χ0) is 16.6. The van der Waals surface area contributed by atoms with Crippen LogP contribution in [0.5, 0.6) is 0 Å². The number of hydrogen-bond acceptors (Lipinski definition) is 3. The summed E-state index contributed by atoms with van der Waals surface area (Å²) < 4.78 is 29.2. The van der Waals surface area contributed by atoms with Crippen molar-refractivity contribution < 1.29 is 8.42 Å². The molecular formula is C15H21BrN3O2PS. The monoisotopic (exact) mass is 417 g/mol. The molecule has 1 saturated heterocycles. The van der Waals surface area contributed by atoms with Crippen molar-refractivity contribution in [2.75, 3.05) is 13.6 Å². The molecule has 1 fully saturated rings. The summed E-state index contributed by atoms with van der Waals surface area (Å²) in [5, 5.41) is 1.10.